The van der Waals surface area contributed by atoms with Crippen LogP contribution < -0.4 is 5.32 Å². The van der Waals surface area contributed by atoms with E-state index in [2.05, 4.69) is 26.1 Å². The number of hydrogen-bond donors (Lipinski definition) is 1. The van der Waals surface area contributed by atoms with Crippen LogP contribution in [-0.4, -0.2) is 6.54 Å². The van der Waals surface area contributed by atoms with Gasteiger partial charge in [-0.05, 0) is 37.1 Å². The second-order valence-electron chi connectivity index (χ2n) is 4.20. The topological polar surface area (TPSA) is 12.0 Å². The van der Waals surface area contributed by atoms with Crippen LogP contribution in [0.4, 0.5) is 4.39 Å². The molecule has 0 aliphatic heterocycles. The quantitative estimate of drug-likeness (QED) is 0.782. The first-order valence-corrected chi connectivity index (χ1v) is 5.62. The fraction of sp³-hybridized carbons (Fsp3) is 0.538. The summed E-state index contributed by atoms with van der Waals surface area (Å²) in [5.41, 5.74) is 1.01. The van der Waals surface area contributed by atoms with Gasteiger partial charge in [0, 0.05) is 6.04 Å². The first-order chi connectivity index (χ1) is 7.13. The Kier molecular flexibility index (Phi) is 4.76. The van der Waals surface area contributed by atoms with E-state index in [9.17, 15) is 4.39 Å². The van der Waals surface area contributed by atoms with Crippen LogP contribution in [0.1, 0.15) is 38.8 Å². The third-order valence-corrected chi connectivity index (χ3v) is 2.82. The molecule has 0 saturated heterocycles. The number of hydrogen-bond acceptors (Lipinski definition) is 1. The number of rotatable bonds is 5. The van der Waals surface area contributed by atoms with E-state index < -0.39 is 0 Å². The first-order valence-electron chi connectivity index (χ1n) is 5.62. The standard InChI is InChI=1S/C13H20FN/c1-4-10(2)9-15-11(3)12-6-5-7-13(14)8-12/h5-8,10-11,15H,4,9H2,1-3H3. The molecule has 2 heteroatoms. The predicted molar refractivity (Wildman–Crippen MR) is 62.3 cm³/mol. The summed E-state index contributed by atoms with van der Waals surface area (Å²) >= 11 is 0. The molecule has 0 heterocycles. The fourth-order valence-corrected chi connectivity index (χ4v) is 1.42. The van der Waals surface area contributed by atoms with Crippen molar-refractivity contribution in [3.05, 3.63) is 35.6 Å². The summed E-state index contributed by atoms with van der Waals surface area (Å²) in [7, 11) is 0. The van der Waals surface area contributed by atoms with Gasteiger partial charge in [0.15, 0.2) is 0 Å². The number of benzene rings is 1. The minimum Gasteiger partial charge on any atom is -0.310 e. The lowest BCUT2D eigenvalue weighted by Gasteiger charge is -2.17. The molecule has 0 saturated carbocycles. The zero-order chi connectivity index (χ0) is 11.3. The molecule has 0 aliphatic carbocycles. The van der Waals surface area contributed by atoms with Gasteiger partial charge >= 0.3 is 0 Å². The van der Waals surface area contributed by atoms with Crippen LogP contribution in [0.5, 0.6) is 0 Å². The van der Waals surface area contributed by atoms with Crippen molar-refractivity contribution in [2.24, 2.45) is 5.92 Å². The molecule has 2 unspecified atom stereocenters. The Balaban J connectivity index is 2.50. The van der Waals surface area contributed by atoms with Gasteiger partial charge < -0.3 is 5.32 Å². The molecule has 1 aromatic carbocycles. The molecule has 1 rings (SSSR count). The average Bonchev–Trinajstić information content (AvgIpc) is 2.25. The average molecular weight is 209 g/mol. The Morgan fingerprint density at radius 3 is 2.67 bits per heavy atom. The summed E-state index contributed by atoms with van der Waals surface area (Å²) in [6.07, 6.45) is 1.17. The Labute approximate surface area is 91.7 Å². The van der Waals surface area contributed by atoms with Crippen molar-refractivity contribution in [1.82, 2.24) is 5.32 Å². The fourth-order valence-electron chi connectivity index (χ4n) is 1.42. The third kappa shape index (κ3) is 4.00. The second kappa shape index (κ2) is 5.86. The van der Waals surface area contributed by atoms with Crippen LogP contribution >= 0.6 is 0 Å². The second-order valence-corrected chi connectivity index (χ2v) is 4.20. The van der Waals surface area contributed by atoms with Crippen LogP contribution in [0.25, 0.3) is 0 Å². The normalized spacial score (nSPS) is 14.9. The van der Waals surface area contributed by atoms with Gasteiger partial charge in [0.05, 0.1) is 0 Å². The molecule has 0 aromatic heterocycles. The molecule has 1 N–H and O–H groups in total. The van der Waals surface area contributed by atoms with E-state index in [-0.39, 0.29) is 11.9 Å². The molecular weight excluding hydrogens is 189 g/mol. The van der Waals surface area contributed by atoms with Gasteiger partial charge in [-0.25, -0.2) is 4.39 Å². The van der Waals surface area contributed by atoms with Crippen molar-refractivity contribution < 1.29 is 4.39 Å². The van der Waals surface area contributed by atoms with Crippen LogP contribution in [0.2, 0.25) is 0 Å². The summed E-state index contributed by atoms with van der Waals surface area (Å²) in [6.45, 7) is 7.44. The van der Waals surface area contributed by atoms with E-state index >= 15 is 0 Å². The molecule has 0 spiro atoms. The molecular formula is C13H20FN. The maximum atomic E-state index is 13.0. The van der Waals surface area contributed by atoms with Gasteiger partial charge in [-0.1, -0.05) is 32.4 Å². The van der Waals surface area contributed by atoms with E-state index in [0.29, 0.717) is 5.92 Å². The van der Waals surface area contributed by atoms with Crippen molar-refractivity contribution in [2.45, 2.75) is 33.2 Å². The largest absolute Gasteiger partial charge is 0.310 e. The Morgan fingerprint density at radius 1 is 1.33 bits per heavy atom. The van der Waals surface area contributed by atoms with Crippen molar-refractivity contribution in [1.29, 1.82) is 0 Å². The summed E-state index contributed by atoms with van der Waals surface area (Å²) in [4.78, 5) is 0. The molecule has 1 nitrogen and oxygen atoms in total. The number of halogens is 1. The lowest BCUT2D eigenvalue weighted by atomic mass is 10.1. The summed E-state index contributed by atoms with van der Waals surface area (Å²) < 4.78 is 13.0. The molecule has 0 bridgehead atoms. The molecule has 2 atom stereocenters. The molecule has 1 aromatic rings. The summed E-state index contributed by atoms with van der Waals surface area (Å²) in [5.74, 6) is 0.505. The SMILES string of the molecule is CCC(C)CNC(C)c1cccc(F)c1. The lowest BCUT2D eigenvalue weighted by Crippen LogP contribution is -2.24. The van der Waals surface area contributed by atoms with Crippen LogP contribution in [0, 0.1) is 11.7 Å². The Hall–Kier alpha value is -0.890. The van der Waals surface area contributed by atoms with E-state index in [1.165, 1.54) is 12.5 Å². The molecule has 15 heavy (non-hydrogen) atoms. The van der Waals surface area contributed by atoms with Crippen molar-refractivity contribution in [3.63, 3.8) is 0 Å². The molecule has 0 aliphatic rings. The van der Waals surface area contributed by atoms with Gasteiger partial charge in [0.2, 0.25) is 0 Å². The molecule has 0 radical (unpaired) electrons. The highest BCUT2D eigenvalue weighted by molar-refractivity contribution is 5.19. The van der Waals surface area contributed by atoms with Crippen LogP contribution in [0.15, 0.2) is 24.3 Å². The third-order valence-electron chi connectivity index (χ3n) is 2.82. The van der Waals surface area contributed by atoms with E-state index in [1.807, 2.05) is 6.07 Å². The monoisotopic (exact) mass is 209 g/mol. The van der Waals surface area contributed by atoms with Crippen LogP contribution in [0.3, 0.4) is 0 Å². The van der Waals surface area contributed by atoms with Crippen molar-refractivity contribution >= 4 is 0 Å². The lowest BCUT2D eigenvalue weighted by molar-refractivity contribution is 0.460. The number of nitrogens with one attached hydrogen (secondary N) is 1. The maximum absolute atomic E-state index is 13.0. The molecule has 84 valence electrons. The highest BCUT2D eigenvalue weighted by Gasteiger charge is 2.06. The van der Waals surface area contributed by atoms with E-state index in [1.54, 1.807) is 12.1 Å². The van der Waals surface area contributed by atoms with Gasteiger partial charge in [-0.3, -0.25) is 0 Å². The summed E-state index contributed by atoms with van der Waals surface area (Å²) in [5, 5.41) is 3.41. The maximum Gasteiger partial charge on any atom is 0.123 e. The highest BCUT2D eigenvalue weighted by atomic mass is 19.1. The first kappa shape index (κ1) is 12.2. The molecule has 0 amide bonds. The zero-order valence-electron chi connectivity index (χ0n) is 9.76. The van der Waals surface area contributed by atoms with Gasteiger partial charge in [0.25, 0.3) is 0 Å². The van der Waals surface area contributed by atoms with Gasteiger partial charge in [0.1, 0.15) is 5.82 Å². The van der Waals surface area contributed by atoms with Crippen molar-refractivity contribution in [2.75, 3.05) is 6.54 Å². The van der Waals surface area contributed by atoms with E-state index in [0.717, 1.165) is 12.1 Å². The summed E-state index contributed by atoms with van der Waals surface area (Å²) in [6, 6.07) is 7.00. The Bertz CT molecular complexity index is 298. The molecule has 0 fully saturated rings. The Morgan fingerprint density at radius 2 is 2.07 bits per heavy atom. The minimum absolute atomic E-state index is 0.162. The van der Waals surface area contributed by atoms with E-state index in [4.69, 9.17) is 0 Å². The zero-order valence-corrected chi connectivity index (χ0v) is 9.76. The smallest absolute Gasteiger partial charge is 0.123 e. The van der Waals surface area contributed by atoms with Gasteiger partial charge in [-0.2, -0.15) is 0 Å². The van der Waals surface area contributed by atoms with Crippen LogP contribution in [-0.2, 0) is 0 Å². The van der Waals surface area contributed by atoms with Crippen molar-refractivity contribution in [3.8, 4) is 0 Å². The minimum atomic E-state index is -0.162. The van der Waals surface area contributed by atoms with Gasteiger partial charge in [-0.15, -0.1) is 0 Å². The highest BCUT2D eigenvalue weighted by Crippen LogP contribution is 2.13. The predicted octanol–water partition coefficient (Wildman–Crippen LogP) is 3.52.